The zero-order valence-electron chi connectivity index (χ0n) is 25.3. The van der Waals surface area contributed by atoms with Crippen LogP contribution in [-0.4, -0.2) is 70.9 Å². The first-order chi connectivity index (χ1) is 21.0. The minimum absolute atomic E-state index is 0.295. The van der Waals surface area contributed by atoms with E-state index in [9.17, 15) is 4.79 Å². The second kappa shape index (κ2) is 12.0. The first-order valence-corrected chi connectivity index (χ1v) is 15.9. The van der Waals surface area contributed by atoms with E-state index in [1.165, 1.54) is 38.8 Å². The number of aryl methyl sites for hydroxylation is 2. The Balaban J connectivity index is 1.18. The summed E-state index contributed by atoms with van der Waals surface area (Å²) < 4.78 is 8.04. The molecule has 2 N–H and O–H groups in total. The van der Waals surface area contributed by atoms with Gasteiger partial charge in [0.1, 0.15) is 0 Å². The Morgan fingerprint density at radius 1 is 1.07 bits per heavy atom. The quantitative estimate of drug-likeness (QED) is 0.377. The highest BCUT2D eigenvalue weighted by atomic mass is 16.5. The van der Waals surface area contributed by atoms with Crippen LogP contribution in [0.15, 0.2) is 41.5 Å². The number of carbonyl (C=O) groups excluding carboxylic acids is 1. The van der Waals surface area contributed by atoms with Crippen molar-refractivity contribution in [2.75, 3.05) is 54.9 Å². The van der Waals surface area contributed by atoms with Crippen LogP contribution in [0.4, 0.5) is 17.1 Å². The summed E-state index contributed by atoms with van der Waals surface area (Å²) >= 11 is 0. The second-order valence-electron chi connectivity index (χ2n) is 12.5. The Morgan fingerprint density at radius 3 is 2.77 bits per heavy atom. The van der Waals surface area contributed by atoms with Crippen LogP contribution in [0.2, 0.25) is 0 Å². The molecule has 2 fully saturated rings. The van der Waals surface area contributed by atoms with E-state index in [1.807, 2.05) is 14.0 Å². The maximum absolute atomic E-state index is 13.7. The number of pyridine rings is 1. The number of nitrogens with zero attached hydrogens (tertiary/aromatic N) is 6. The molecule has 0 unspecified atom stereocenters. The summed E-state index contributed by atoms with van der Waals surface area (Å²) in [6, 6.07) is 10.0. The zero-order chi connectivity index (χ0) is 29.3. The van der Waals surface area contributed by atoms with E-state index in [1.54, 1.807) is 23.0 Å². The number of guanidine groups is 1. The summed E-state index contributed by atoms with van der Waals surface area (Å²) in [5.74, 6) is 2.16. The van der Waals surface area contributed by atoms with Crippen molar-refractivity contribution in [2.24, 2.45) is 23.9 Å². The van der Waals surface area contributed by atoms with Gasteiger partial charge < -0.3 is 25.2 Å². The molecule has 0 spiro atoms. The van der Waals surface area contributed by atoms with E-state index in [0.29, 0.717) is 41.5 Å². The van der Waals surface area contributed by atoms with Crippen LogP contribution in [0.1, 0.15) is 61.0 Å². The lowest BCUT2D eigenvalue weighted by atomic mass is 9.97. The molecule has 226 valence electrons. The molecule has 4 aliphatic rings. The molecule has 2 aromatic heterocycles. The average Bonchev–Trinajstić information content (AvgIpc) is 3.43. The van der Waals surface area contributed by atoms with Crippen molar-refractivity contribution in [3.05, 3.63) is 47.8 Å². The number of hydrogen-bond acceptors (Lipinski definition) is 8. The van der Waals surface area contributed by atoms with Crippen LogP contribution < -0.4 is 20.3 Å². The van der Waals surface area contributed by atoms with Gasteiger partial charge in [0.05, 0.1) is 35.4 Å². The highest BCUT2D eigenvalue weighted by molar-refractivity contribution is 6.19. The van der Waals surface area contributed by atoms with Gasteiger partial charge in [-0.2, -0.15) is 10.1 Å². The van der Waals surface area contributed by atoms with Crippen LogP contribution in [0.5, 0.6) is 5.88 Å². The van der Waals surface area contributed by atoms with Crippen molar-refractivity contribution in [3.8, 4) is 17.1 Å². The molecule has 1 atom stereocenters. The first-order valence-electron chi connectivity index (χ1n) is 15.9. The third-order valence-electron chi connectivity index (χ3n) is 9.20. The molecule has 10 nitrogen and oxygen atoms in total. The number of likely N-dealkylation sites (tertiary alicyclic amines) is 1. The Labute approximate surface area is 253 Å². The maximum Gasteiger partial charge on any atom is 0.280 e. The maximum atomic E-state index is 13.7. The van der Waals surface area contributed by atoms with Crippen molar-refractivity contribution >= 4 is 28.9 Å². The highest BCUT2D eigenvalue weighted by Crippen LogP contribution is 2.43. The molecule has 2 bridgehead atoms. The number of benzene rings is 1. The summed E-state index contributed by atoms with van der Waals surface area (Å²) in [6.07, 6.45) is 10.0. The molecule has 5 heterocycles. The van der Waals surface area contributed by atoms with E-state index in [4.69, 9.17) is 14.7 Å². The highest BCUT2D eigenvalue weighted by Gasteiger charge is 2.36. The van der Waals surface area contributed by atoms with Gasteiger partial charge in [-0.3, -0.25) is 9.78 Å². The minimum atomic E-state index is -0.295. The van der Waals surface area contributed by atoms with Crippen LogP contribution in [0.3, 0.4) is 0 Å². The summed E-state index contributed by atoms with van der Waals surface area (Å²) in [5, 5.41) is 11.5. The minimum Gasteiger partial charge on any atom is -0.477 e. The Morgan fingerprint density at radius 2 is 1.93 bits per heavy atom. The molecule has 7 rings (SSSR count). The SMILES string of the molecule is Cc1cc2cc(n1)-c1cnn(C)c1OCCC[C@@H](C1CC1)CN1/C(=N/C2=O)Nc2ccc(NCCCN3CCCC3)cc21. The van der Waals surface area contributed by atoms with Gasteiger partial charge in [-0.25, -0.2) is 4.68 Å². The number of hydrogen-bond donors (Lipinski definition) is 2. The third-order valence-corrected chi connectivity index (χ3v) is 9.20. The Bertz CT molecular complexity index is 1520. The number of carbonyl (C=O) groups is 1. The number of aliphatic imine (C=N–C) groups is 1. The number of aromatic nitrogens is 3. The molecule has 43 heavy (non-hydrogen) atoms. The largest absolute Gasteiger partial charge is 0.477 e. The van der Waals surface area contributed by atoms with Crippen molar-refractivity contribution < 1.29 is 9.53 Å². The molecule has 1 saturated carbocycles. The van der Waals surface area contributed by atoms with Gasteiger partial charge in [-0.1, -0.05) is 0 Å². The second-order valence-corrected chi connectivity index (χ2v) is 12.5. The predicted octanol–water partition coefficient (Wildman–Crippen LogP) is 5.32. The molecular weight excluding hydrogens is 540 g/mol. The molecule has 1 aliphatic carbocycles. The summed E-state index contributed by atoms with van der Waals surface area (Å²) in [7, 11) is 1.88. The van der Waals surface area contributed by atoms with Crippen molar-refractivity contribution in [1.82, 2.24) is 19.7 Å². The smallest absolute Gasteiger partial charge is 0.280 e. The molecule has 1 amide bonds. The fourth-order valence-corrected chi connectivity index (χ4v) is 6.74. The topological polar surface area (TPSA) is 99.9 Å². The number of nitrogens with one attached hydrogen (secondary N) is 2. The molecule has 3 aromatic rings. The lowest BCUT2D eigenvalue weighted by Gasteiger charge is -2.26. The van der Waals surface area contributed by atoms with Crippen LogP contribution in [0.25, 0.3) is 11.3 Å². The van der Waals surface area contributed by atoms with E-state index >= 15 is 0 Å². The van der Waals surface area contributed by atoms with Gasteiger partial charge in [0.2, 0.25) is 11.8 Å². The Kier molecular flexibility index (Phi) is 7.78. The molecule has 3 aliphatic heterocycles. The van der Waals surface area contributed by atoms with Gasteiger partial charge >= 0.3 is 0 Å². The normalized spacial score (nSPS) is 21.9. The van der Waals surface area contributed by atoms with Gasteiger partial charge in [0.25, 0.3) is 5.91 Å². The summed E-state index contributed by atoms with van der Waals surface area (Å²) in [4.78, 5) is 27.9. The van der Waals surface area contributed by atoms with Gasteiger partial charge in [0, 0.05) is 37.1 Å². The molecular formula is C33H42N8O2. The van der Waals surface area contributed by atoms with E-state index in [2.05, 4.69) is 43.7 Å². The number of anilines is 3. The molecule has 1 saturated heterocycles. The molecule has 10 heteroatoms. The zero-order valence-corrected chi connectivity index (χ0v) is 25.3. The number of fused-ring (bicyclic) bond motifs is 7. The van der Waals surface area contributed by atoms with E-state index in [0.717, 1.165) is 67.2 Å². The number of amides is 1. The van der Waals surface area contributed by atoms with Crippen LogP contribution in [0, 0.1) is 18.8 Å². The van der Waals surface area contributed by atoms with Gasteiger partial charge in [0.15, 0.2) is 0 Å². The lowest BCUT2D eigenvalue weighted by molar-refractivity contribution is 0.100. The lowest BCUT2D eigenvalue weighted by Crippen LogP contribution is -2.36. The molecule has 0 radical (unpaired) electrons. The van der Waals surface area contributed by atoms with Crippen molar-refractivity contribution in [3.63, 3.8) is 0 Å². The first kappa shape index (κ1) is 27.9. The average molecular weight is 583 g/mol. The van der Waals surface area contributed by atoms with Gasteiger partial charge in [-0.05, 0) is 114 Å². The molecule has 1 aromatic carbocycles. The Hall–Kier alpha value is -3.92. The van der Waals surface area contributed by atoms with Crippen LogP contribution >= 0.6 is 0 Å². The summed E-state index contributed by atoms with van der Waals surface area (Å²) in [6.45, 7) is 7.87. The number of ether oxygens (including phenoxy) is 1. The number of rotatable bonds is 6. The fraction of sp³-hybridized carbons (Fsp3) is 0.515. The van der Waals surface area contributed by atoms with Crippen molar-refractivity contribution in [1.29, 1.82) is 0 Å². The fourth-order valence-electron chi connectivity index (χ4n) is 6.74. The standard InChI is InChI=1S/C33H42N8O2/c1-22-17-25-18-29(36-22)27-20-35-39(2)32(27)43-16-5-7-24(23-8-9-23)21-41-30-19-26(34-12-6-15-40-13-3-4-14-40)10-11-28(30)37-33(41)38-31(25)42/h10-11,17-20,23-24,34H,3-9,12-16,21H2,1-2H3,(H,37,38,42)/t24-/m1/s1. The van der Waals surface area contributed by atoms with Gasteiger partial charge in [-0.15, -0.1) is 0 Å². The van der Waals surface area contributed by atoms with E-state index < -0.39 is 0 Å². The predicted molar refractivity (Wildman–Crippen MR) is 170 cm³/mol. The summed E-state index contributed by atoms with van der Waals surface area (Å²) in [5.41, 5.74) is 5.85. The third kappa shape index (κ3) is 6.11. The monoisotopic (exact) mass is 582 g/mol. The van der Waals surface area contributed by atoms with E-state index in [-0.39, 0.29) is 5.91 Å². The van der Waals surface area contributed by atoms with Crippen molar-refractivity contribution in [2.45, 2.75) is 51.9 Å². The van der Waals surface area contributed by atoms with Crippen LogP contribution in [-0.2, 0) is 7.05 Å².